The van der Waals surface area contributed by atoms with E-state index in [2.05, 4.69) is 24.3 Å². The number of β-amino-alcohol motifs (C(OH)–C–C–N with tert-alkyl or cyclic N) is 1. The highest BCUT2D eigenvalue weighted by molar-refractivity contribution is 5.82. The second-order valence-corrected chi connectivity index (χ2v) is 12.3. The first-order valence-electron chi connectivity index (χ1n) is 15.5. The van der Waals surface area contributed by atoms with Crippen LogP contribution in [0.4, 0.5) is 4.79 Å². The number of hydrogen-bond acceptors (Lipinski definition) is 8. The summed E-state index contributed by atoms with van der Waals surface area (Å²) in [4.78, 5) is 17.9. The third-order valence-electron chi connectivity index (χ3n) is 7.54. The molecule has 238 valence electrons. The summed E-state index contributed by atoms with van der Waals surface area (Å²) in [5.41, 5.74) is 2.39. The van der Waals surface area contributed by atoms with Crippen LogP contribution in [0.1, 0.15) is 49.8 Å². The lowest BCUT2D eigenvalue weighted by Gasteiger charge is -2.40. The van der Waals surface area contributed by atoms with Crippen molar-refractivity contribution in [3.63, 3.8) is 0 Å². The Morgan fingerprint density at radius 2 is 1.56 bits per heavy atom. The molecule has 1 heterocycles. The molecule has 3 atom stereocenters. The van der Waals surface area contributed by atoms with Gasteiger partial charge in [0.25, 0.3) is 0 Å². The molecule has 0 saturated carbocycles. The van der Waals surface area contributed by atoms with Gasteiger partial charge in [-0.15, -0.1) is 5.06 Å². The first-order chi connectivity index (χ1) is 21.7. The normalized spacial score (nSPS) is 18.9. The number of aliphatic hydroxyl groups excluding tert-OH is 1. The maximum atomic E-state index is 12.4. The number of benzene rings is 4. The fourth-order valence-electron chi connectivity index (χ4n) is 5.43. The Labute approximate surface area is 265 Å². The minimum Gasteiger partial charge on any atom is -0.494 e. The zero-order chi connectivity index (χ0) is 31.6. The Kier molecular flexibility index (Phi) is 11.1. The van der Waals surface area contributed by atoms with Gasteiger partial charge in [-0.3, -0.25) is 0 Å². The number of ether oxygens (including phenoxy) is 4. The lowest BCUT2D eigenvalue weighted by atomic mass is 9.85. The zero-order valence-electron chi connectivity index (χ0n) is 26.3. The molecule has 1 N–H and O–H groups in total. The maximum Gasteiger partial charge on any atom is 0.528 e. The Morgan fingerprint density at radius 3 is 2.31 bits per heavy atom. The number of nitrogens with zero attached hydrogens (tertiary/aromatic N) is 1. The molecule has 0 aromatic heterocycles. The summed E-state index contributed by atoms with van der Waals surface area (Å²) in [5, 5.41) is 15.0. The number of aliphatic hydroxyl groups is 1. The fourth-order valence-corrected chi connectivity index (χ4v) is 5.43. The molecule has 1 fully saturated rings. The van der Waals surface area contributed by atoms with E-state index in [9.17, 15) is 9.90 Å². The molecule has 3 unspecified atom stereocenters. The van der Waals surface area contributed by atoms with E-state index in [1.54, 1.807) is 20.8 Å². The van der Waals surface area contributed by atoms with Crippen molar-refractivity contribution in [2.24, 2.45) is 0 Å². The highest BCUT2D eigenvalue weighted by Gasteiger charge is 2.40. The minimum absolute atomic E-state index is 0.126. The van der Waals surface area contributed by atoms with Crippen molar-refractivity contribution in [2.45, 2.75) is 64.1 Å². The predicted octanol–water partition coefficient (Wildman–Crippen LogP) is 7.04. The summed E-state index contributed by atoms with van der Waals surface area (Å²) < 4.78 is 23.5. The quantitative estimate of drug-likeness (QED) is 0.135. The molecule has 5 rings (SSSR count). The molecule has 4 aromatic carbocycles. The van der Waals surface area contributed by atoms with E-state index in [1.165, 1.54) is 5.06 Å². The molecule has 45 heavy (non-hydrogen) atoms. The lowest BCUT2D eigenvalue weighted by Crippen LogP contribution is -2.52. The molecule has 8 nitrogen and oxygen atoms in total. The van der Waals surface area contributed by atoms with Crippen LogP contribution in [-0.4, -0.2) is 60.4 Å². The molecule has 8 heteroatoms. The van der Waals surface area contributed by atoms with Crippen LogP contribution >= 0.6 is 0 Å². The lowest BCUT2D eigenvalue weighted by molar-refractivity contribution is -0.201. The summed E-state index contributed by atoms with van der Waals surface area (Å²) in [6.07, 6.45) is -1.35. The number of hydrogen-bond donors (Lipinski definition) is 1. The van der Waals surface area contributed by atoms with Gasteiger partial charge >= 0.3 is 6.16 Å². The van der Waals surface area contributed by atoms with Crippen LogP contribution in [0.15, 0.2) is 97.1 Å². The summed E-state index contributed by atoms with van der Waals surface area (Å²) in [7, 11) is 0. The van der Waals surface area contributed by atoms with Crippen LogP contribution in [0.3, 0.4) is 0 Å². The molecule has 0 amide bonds. The van der Waals surface area contributed by atoms with Gasteiger partial charge in [0.05, 0.1) is 51.7 Å². The molecule has 1 saturated heterocycles. The van der Waals surface area contributed by atoms with Crippen molar-refractivity contribution < 1.29 is 33.7 Å². The minimum atomic E-state index is -0.851. The van der Waals surface area contributed by atoms with Gasteiger partial charge in [-0.2, -0.15) is 0 Å². The zero-order valence-corrected chi connectivity index (χ0v) is 26.3. The number of piperidine rings is 1. The molecule has 1 aliphatic rings. The summed E-state index contributed by atoms with van der Waals surface area (Å²) in [5.74, 6) is 0.403. The smallest absolute Gasteiger partial charge is 0.494 e. The number of fused-ring (bicyclic) bond motifs is 1. The van der Waals surface area contributed by atoms with E-state index in [0.717, 1.165) is 39.6 Å². The summed E-state index contributed by atoms with van der Waals surface area (Å²) >= 11 is 0. The van der Waals surface area contributed by atoms with Crippen molar-refractivity contribution in [3.8, 4) is 5.75 Å². The second-order valence-electron chi connectivity index (χ2n) is 12.3. The standard InChI is InChI=1S/C37H43NO7/c1-37(2,3)44-36(40)45-38-23-33(39)35(34(24-38)43-26-28-14-15-29-12-7-8-13-31(29)22-28)30-16-18-32(19-17-30)42-21-9-20-41-25-27-10-5-4-6-11-27/h4-8,10-19,22,33-35,39H,9,20-21,23-26H2,1-3H3. The number of hydroxylamine groups is 2. The van der Waals surface area contributed by atoms with Crippen LogP contribution in [-0.2, 0) is 32.3 Å². The van der Waals surface area contributed by atoms with Crippen molar-refractivity contribution in [2.75, 3.05) is 26.3 Å². The fraction of sp³-hybridized carbons (Fsp3) is 0.378. The van der Waals surface area contributed by atoms with Gasteiger partial charge in [-0.25, -0.2) is 4.79 Å². The van der Waals surface area contributed by atoms with E-state index in [4.69, 9.17) is 23.8 Å². The Balaban J connectivity index is 1.20. The van der Waals surface area contributed by atoms with Crippen molar-refractivity contribution in [1.82, 2.24) is 5.06 Å². The van der Waals surface area contributed by atoms with E-state index < -0.39 is 24.0 Å². The molecule has 4 aromatic rings. The summed E-state index contributed by atoms with van der Waals surface area (Å²) in [6, 6.07) is 32.3. The Morgan fingerprint density at radius 1 is 0.822 bits per heavy atom. The van der Waals surface area contributed by atoms with Crippen LogP contribution in [0.5, 0.6) is 5.75 Å². The monoisotopic (exact) mass is 613 g/mol. The highest BCUT2D eigenvalue weighted by Crippen LogP contribution is 2.33. The largest absolute Gasteiger partial charge is 0.528 e. The average molecular weight is 614 g/mol. The van der Waals surface area contributed by atoms with Gasteiger partial charge in [-0.1, -0.05) is 78.9 Å². The second kappa shape index (κ2) is 15.4. The topological polar surface area (TPSA) is 86.7 Å². The van der Waals surface area contributed by atoms with E-state index in [-0.39, 0.29) is 19.0 Å². The van der Waals surface area contributed by atoms with Crippen LogP contribution in [0, 0.1) is 0 Å². The first kappa shape index (κ1) is 32.4. The molecule has 0 aliphatic carbocycles. The highest BCUT2D eigenvalue weighted by atomic mass is 16.8. The third-order valence-corrected chi connectivity index (χ3v) is 7.54. The number of rotatable bonds is 12. The third kappa shape index (κ3) is 9.77. The molecular weight excluding hydrogens is 570 g/mol. The summed E-state index contributed by atoms with van der Waals surface area (Å²) in [6.45, 7) is 7.80. The van der Waals surface area contributed by atoms with E-state index in [1.807, 2.05) is 72.8 Å². The van der Waals surface area contributed by atoms with Gasteiger partial charge < -0.3 is 28.9 Å². The van der Waals surface area contributed by atoms with Gasteiger partial charge in [0.2, 0.25) is 0 Å². The van der Waals surface area contributed by atoms with E-state index in [0.29, 0.717) is 26.4 Å². The number of carbonyl (C=O) groups is 1. The molecular formula is C37H43NO7. The van der Waals surface area contributed by atoms with E-state index >= 15 is 0 Å². The molecule has 1 aliphatic heterocycles. The SMILES string of the molecule is CC(C)(C)OC(=O)ON1CC(O)C(c2ccc(OCCCOCc3ccccc3)cc2)C(OCc2ccc3ccccc3c2)C1. The first-order valence-corrected chi connectivity index (χ1v) is 15.5. The van der Waals surface area contributed by atoms with Crippen molar-refractivity contribution in [3.05, 3.63) is 114 Å². The Bertz CT molecular complexity index is 1500. The van der Waals surface area contributed by atoms with Crippen LogP contribution in [0.25, 0.3) is 10.8 Å². The van der Waals surface area contributed by atoms with Crippen molar-refractivity contribution in [1.29, 1.82) is 0 Å². The maximum absolute atomic E-state index is 12.4. The molecule has 0 bridgehead atoms. The molecule has 0 spiro atoms. The number of carbonyl (C=O) groups excluding carboxylic acids is 1. The van der Waals surface area contributed by atoms with Crippen LogP contribution < -0.4 is 4.74 Å². The van der Waals surface area contributed by atoms with Crippen molar-refractivity contribution >= 4 is 16.9 Å². The van der Waals surface area contributed by atoms with Gasteiger partial charge in [0, 0.05) is 12.3 Å². The van der Waals surface area contributed by atoms with Crippen LogP contribution in [0.2, 0.25) is 0 Å². The van der Waals surface area contributed by atoms with Gasteiger partial charge in [0.1, 0.15) is 11.4 Å². The van der Waals surface area contributed by atoms with Gasteiger partial charge in [0.15, 0.2) is 0 Å². The molecule has 0 radical (unpaired) electrons. The van der Waals surface area contributed by atoms with Gasteiger partial charge in [-0.05, 0) is 66.4 Å². The predicted molar refractivity (Wildman–Crippen MR) is 173 cm³/mol. The Hall–Kier alpha value is -3.95. The average Bonchev–Trinajstić information content (AvgIpc) is 3.01.